The lowest BCUT2D eigenvalue weighted by molar-refractivity contribution is -0.158. The van der Waals surface area contributed by atoms with Crippen LogP contribution in [0.1, 0.15) is 88.7 Å². The van der Waals surface area contributed by atoms with E-state index in [2.05, 4.69) is 53.1 Å². The third-order valence-electron chi connectivity index (χ3n) is 7.43. The molecule has 0 bridgehead atoms. The normalized spacial score (nSPS) is 19.2. The van der Waals surface area contributed by atoms with Crippen molar-refractivity contribution in [1.29, 1.82) is 0 Å². The fourth-order valence-electron chi connectivity index (χ4n) is 6.24. The van der Waals surface area contributed by atoms with Gasteiger partial charge >= 0.3 is 6.11 Å². The number of alkyl halides is 2. The first-order chi connectivity index (χ1) is 18.2. The number of aromatic nitrogens is 2. The summed E-state index contributed by atoms with van der Waals surface area (Å²) in [4.78, 5) is 17.9. The fraction of sp³-hybridized carbons (Fsp3) is 0.533. The average Bonchev–Trinajstić information content (AvgIpc) is 3.56. The molecule has 9 heteroatoms. The Hall–Kier alpha value is -2.81. The van der Waals surface area contributed by atoms with E-state index in [1.165, 1.54) is 24.1 Å². The smallest absolute Gasteiger partial charge is 0.394 e. The number of imidazole rings is 1. The maximum Gasteiger partial charge on any atom is 0.394 e. The minimum absolute atomic E-state index is 0.0904. The molecule has 1 amide bonds. The van der Waals surface area contributed by atoms with Crippen molar-refractivity contribution in [3.63, 3.8) is 0 Å². The molecule has 2 saturated carbocycles. The number of nitrogens with one attached hydrogen (secondary N) is 2. The summed E-state index contributed by atoms with van der Waals surface area (Å²) in [5.74, 6) is 0.661. The number of anilines is 2. The number of hydrogen-bond acceptors (Lipinski definition) is 5. The third-order valence-corrected chi connectivity index (χ3v) is 8.54. The number of amides is 1. The Morgan fingerprint density at radius 3 is 2.33 bits per heavy atom. The first-order valence-corrected chi connectivity index (χ1v) is 14.5. The van der Waals surface area contributed by atoms with E-state index in [9.17, 15) is 13.6 Å². The zero-order chi connectivity index (χ0) is 28.2. The van der Waals surface area contributed by atoms with Crippen LogP contribution in [0.25, 0.3) is 11.0 Å². The van der Waals surface area contributed by atoms with E-state index in [-0.39, 0.29) is 28.5 Å². The standard InChI is InChI=1S/C30H38F2N4O2S/c1-18-13-25-24(14-23(18)26(37)35-39-22-11-12-22)34-27(33-19-7-9-21(10-8-19)38-30(6,31)32)36(25)20-15-28(2,3)17-29(4,5)16-20/h7-10,13-14,20,22H,11-12,15-17H2,1-6H3,(H,33,34)(H,35,37). The number of rotatable bonds is 8. The molecular weight excluding hydrogens is 518 g/mol. The zero-order valence-corrected chi connectivity index (χ0v) is 24.3. The van der Waals surface area contributed by atoms with Gasteiger partial charge in [-0.25, -0.2) is 4.98 Å². The Kier molecular flexibility index (Phi) is 7.10. The second-order valence-electron chi connectivity index (χ2n) is 12.8. The molecule has 210 valence electrons. The van der Waals surface area contributed by atoms with Gasteiger partial charge in [0.05, 0.1) is 11.0 Å². The third kappa shape index (κ3) is 6.68. The molecule has 2 aliphatic carbocycles. The molecule has 39 heavy (non-hydrogen) atoms. The molecule has 1 heterocycles. The molecule has 0 aliphatic heterocycles. The molecule has 2 aromatic carbocycles. The SMILES string of the molecule is Cc1cc2c(cc1C(=O)NSC1CC1)nc(Nc1ccc(OC(C)(F)F)cc1)n2C1CC(C)(C)CC(C)(C)C1. The number of benzene rings is 2. The van der Waals surface area contributed by atoms with E-state index in [4.69, 9.17) is 4.98 Å². The van der Waals surface area contributed by atoms with Crippen LogP contribution >= 0.6 is 11.9 Å². The van der Waals surface area contributed by atoms with Gasteiger partial charge in [0.1, 0.15) is 5.75 Å². The molecule has 0 saturated heterocycles. The molecule has 2 N–H and O–H groups in total. The lowest BCUT2D eigenvalue weighted by atomic mass is 9.63. The topological polar surface area (TPSA) is 68.2 Å². The quantitative estimate of drug-likeness (QED) is 0.273. The van der Waals surface area contributed by atoms with E-state index in [1.54, 1.807) is 12.1 Å². The van der Waals surface area contributed by atoms with E-state index in [1.807, 2.05) is 13.0 Å². The van der Waals surface area contributed by atoms with E-state index < -0.39 is 6.11 Å². The number of aryl methyl sites for hydroxylation is 1. The Morgan fingerprint density at radius 1 is 1.10 bits per heavy atom. The highest BCUT2D eigenvalue weighted by Gasteiger charge is 2.40. The predicted octanol–water partition coefficient (Wildman–Crippen LogP) is 8.40. The maximum absolute atomic E-state index is 13.3. The van der Waals surface area contributed by atoms with Crippen LogP contribution in [0.15, 0.2) is 36.4 Å². The highest BCUT2D eigenvalue weighted by Crippen LogP contribution is 2.51. The summed E-state index contributed by atoms with van der Waals surface area (Å²) in [6.07, 6.45) is 2.16. The molecule has 2 aliphatic rings. The summed E-state index contributed by atoms with van der Waals surface area (Å²) in [7, 11) is 0. The Morgan fingerprint density at radius 2 is 1.74 bits per heavy atom. The minimum atomic E-state index is -3.25. The van der Waals surface area contributed by atoms with Gasteiger partial charge in [-0.3, -0.25) is 9.52 Å². The molecule has 0 spiro atoms. The lowest BCUT2D eigenvalue weighted by Crippen LogP contribution is -2.35. The minimum Gasteiger partial charge on any atom is -0.433 e. The number of carbonyl (C=O) groups is 1. The van der Waals surface area contributed by atoms with Gasteiger partial charge in [-0.1, -0.05) is 27.7 Å². The van der Waals surface area contributed by atoms with Crippen molar-refractivity contribution in [2.45, 2.75) is 91.0 Å². The summed E-state index contributed by atoms with van der Waals surface area (Å²) in [5.41, 5.74) is 4.27. The molecule has 2 fully saturated rings. The number of nitrogens with zero attached hydrogens (tertiary/aromatic N) is 2. The van der Waals surface area contributed by atoms with Crippen molar-refractivity contribution >= 4 is 40.5 Å². The van der Waals surface area contributed by atoms with E-state index in [0.717, 1.165) is 55.6 Å². The van der Waals surface area contributed by atoms with Crippen LogP contribution in [-0.4, -0.2) is 26.8 Å². The van der Waals surface area contributed by atoms with Gasteiger partial charge in [-0.2, -0.15) is 8.78 Å². The van der Waals surface area contributed by atoms with Crippen molar-refractivity contribution in [2.75, 3.05) is 5.32 Å². The second kappa shape index (κ2) is 9.98. The molecule has 0 unspecified atom stereocenters. The second-order valence-corrected chi connectivity index (χ2v) is 13.9. The number of fused-ring (bicyclic) bond motifs is 1. The van der Waals surface area contributed by atoms with Gasteiger partial charge in [-0.05, 0) is 104 Å². The summed E-state index contributed by atoms with van der Waals surface area (Å²) in [5, 5.41) is 3.94. The van der Waals surface area contributed by atoms with Crippen LogP contribution in [0.2, 0.25) is 0 Å². The van der Waals surface area contributed by atoms with Crippen LogP contribution in [0.3, 0.4) is 0 Å². The number of carbonyl (C=O) groups excluding carboxylic acids is 1. The van der Waals surface area contributed by atoms with Crippen molar-refractivity contribution in [3.05, 3.63) is 47.5 Å². The van der Waals surface area contributed by atoms with Crippen molar-refractivity contribution < 1.29 is 18.3 Å². The first-order valence-electron chi connectivity index (χ1n) is 13.6. The molecule has 6 nitrogen and oxygen atoms in total. The van der Waals surface area contributed by atoms with Crippen LogP contribution < -0.4 is 14.8 Å². The van der Waals surface area contributed by atoms with Crippen molar-refractivity contribution in [1.82, 2.24) is 14.3 Å². The predicted molar refractivity (Wildman–Crippen MR) is 154 cm³/mol. The summed E-state index contributed by atoms with van der Waals surface area (Å²) < 4.78 is 36.5. The Bertz CT molecular complexity index is 1360. The maximum atomic E-state index is 13.3. The lowest BCUT2D eigenvalue weighted by Gasteiger charge is -2.45. The van der Waals surface area contributed by atoms with Crippen LogP contribution in [0.5, 0.6) is 5.75 Å². The Balaban J connectivity index is 1.53. The van der Waals surface area contributed by atoms with Crippen LogP contribution in [0.4, 0.5) is 20.4 Å². The van der Waals surface area contributed by atoms with Gasteiger partial charge in [0, 0.05) is 29.5 Å². The van der Waals surface area contributed by atoms with Gasteiger partial charge in [0.25, 0.3) is 5.91 Å². The number of ether oxygens (including phenoxy) is 1. The summed E-state index contributed by atoms with van der Waals surface area (Å²) in [6, 6.07) is 10.6. The van der Waals surface area contributed by atoms with E-state index >= 15 is 0 Å². The number of halogens is 2. The van der Waals surface area contributed by atoms with Crippen molar-refractivity contribution in [2.24, 2.45) is 10.8 Å². The van der Waals surface area contributed by atoms with Gasteiger partial charge < -0.3 is 14.6 Å². The zero-order valence-electron chi connectivity index (χ0n) is 23.5. The fourth-order valence-corrected chi connectivity index (χ4v) is 6.99. The van der Waals surface area contributed by atoms with Gasteiger partial charge in [0.15, 0.2) is 0 Å². The Labute approximate surface area is 233 Å². The monoisotopic (exact) mass is 556 g/mol. The van der Waals surface area contributed by atoms with Crippen LogP contribution in [-0.2, 0) is 0 Å². The molecule has 1 aromatic heterocycles. The molecule has 0 radical (unpaired) electrons. The average molecular weight is 557 g/mol. The van der Waals surface area contributed by atoms with Gasteiger partial charge in [0.2, 0.25) is 5.95 Å². The highest BCUT2D eigenvalue weighted by atomic mass is 32.2. The van der Waals surface area contributed by atoms with Crippen LogP contribution in [0, 0.1) is 17.8 Å². The molecule has 0 atom stereocenters. The highest BCUT2D eigenvalue weighted by molar-refractivity contribution is 7.98. The first kappa shape index (κ1) is 27.7. The molecular formula is C30H38F2N4O2S. The van der Waals surface area contributed by atoms with Gasteiger partial charge in [-0.15, -0.1) is 0 Å². The number of hydrogen-bond donors (Lipinski definition) is 2. The molecule has 3 aromatic rings. The molecule has 5 rings (SSSR count). The van der Waals surface area contributed by atoms with E-state index in [0.29, 0.717) is 22.4 Å². The summed E-state index contributed by atoms with van der Waals surface area (Å²) >= 11 is 1.50. The largest absolute Gasteiger partial charge is 0.433 e. The summed E-state index contributed by atoms with van der Waals surface area (Å²) in [6.45, 7) is 12.0. The van der Waals surface area contributed by atoms with Crippen molar-refractivity contribution in [3.8, 4) is 5.75 Å².